The first-order valence-electron chi connectivity index (χ1n) is 7.78. The molecule has 0 atom stereocenters. The Morgan fingerprint density at radius 3 is 2.52 bits per heavy atom. The lowest BCUT2D eigenvalue weighted by molar-refractivity contribution is -0.117. The average Bonchev–Trinajstić information content (AvgIpc) is 2.49. The van der Waals surface area contributed by atoms with Gasteiger partial charge in [-0.15, -0.1) is 0 Å². The van der Waals surface area contributed by atoms with Gasteiger partial charge >= 0.3 is 0 Å². The summed E-state index contributed by atoms with van der Waals surface area (Å²) in [4.78, 5) is 16.4. The fourth-order valence-electron chi connectivity index (χ4n) is 2.40. The number of nitrogens with zero attached hydrogens (tertiary/aromatic N) is 2. The van der Waals surface area contributed by atoms with E-state index in [1.165, 1.54) is 0 Å². The zero-order valence-electron chi connectivity index (χ0n) is 13.5. The van der Waals surface area contributed by atoms with Crippen molar-refractivity contribution in [2.24, 2.45) is 0 Å². The number of carbonyl (C=O) groups is 1. The Kier molecular flexibility index (Phi) is 6.62. The second kappa shape index (κ2) is 8.47. The Balaban J connectivity index is 1.77. The predicted octanol–water partition coefficient (Wildman–Crippen LogP) is 2.18. The lowest BCUT2D eigenvalue weighted by Crippen LogP contribution is -2.53. The number of benzene rings is 1. The zero-order chi connectivity index (χ0) is 16.8. The third kappa shape index (κ3) is 5.64. The number of nitrogens with one attached hydrogen (secondary N) is 2. The van der Waals surface area contributed by atoms with E-state index in [1.807, 2.05) is 12.1 Å². The summed E-state index contributed by atoms with van der Waals surface area (Å²) in [6.07, 6.45) is 0. The topological polar surface area (TPSA) is 47.6 Å². The molecule has 1 aromatic carbocycles. The molecule has 0 aromatic heterocycles. The standard InChI is InChI=1S/C16H23ClN4OS/c1-12(2)18-16(23)21-9-7-20(8-10-21)11-15(22)19-14-6-4-3-5-13(14)17/h3-6,12H,7-11H2,1-2H3,(H,18,23)(H,19,22). The summed E-state index contributed by atoms with van der Waals surface area (Å²) in [7, 11) is 0. The van der Waals surface area contributed by atoms with E-state index < -0.39 is 0 Å². The van der Waals surface area contributed by atoms with Crippen molar-refractivity contribution in [3.63, 3.8) is 0 Å². The third-order valence-electron chi connectivity index (χ3n) is 3.59. The number of hydrogen-bond acceptors (Lipinski definition) is 3. The second-order valence-corrected chi connectivity index (χ2v) is 6.69. The Morgan fingerprint density at radius 1 is 1.26 bits per heavy atom. The van der Waals surface area contributed by atoms with Crippen LogP contribution < -0.4 is 10.6 Å². The molecule has 0 unspecified atom stereocenters. The largest absolute Gasteiger partial charge is 0.360 e. The monoisotopic (exact) mass is 354 g/mol. The van der Waals surface area contributed by atoms with Crippen LogP contribution in [0.4, 0.5) is 5.69 Å². The van der Waals surface area contributed by atoms with Crippen molar-refractivity contribution >= 4 is 40.5 Å². The first-order valence-corrected chi connectivity index (χ1v) is 8.56. The smallest absolute Gasteiger partial charge is 0.238 e. The fraction of sp³-hybridized carbons (Fsp3) is 0.500. The molecule has 2 N–H and O–H groups in total. The van der Waals surface area contributed by atoms with E-state index in [0.29, 0.717) is 23.3 Å². The molecule has 126 valence electrons. The minimum absolute atomic E-state index is 0.0468. The summed E-state index contributed by atoms with van der Waals surface area (Å²) in [5.74, 6) is -0.0468. The van der Waals surface area contributed by atoms with Gasteiger partial charge in [0, 0.05) is 32.2 Å². The SMILES string of the molecule is CC(C)NC(=S)N1CCN(CC(=O)Nc2ccccc2Cl)CC1. The van der Waals surface area contributed by atoms with E-state index in [1.54, 1.807) is 12.1 Å². The highest BCUT2D eigenvalue weighted by molar-refractivity contribution is 7.80. The molecule has 0 aliphatic carbocycles. The van der Waals surface area contributed by atoms with Gasteiger partial charge in [-0.2, -0.15) is 0 Å². The molecule has 1 heterocycles. The van der Waals surface area contributed by atoms with E-state index in [0.717, 1.165) is 31.3 Å². The molecule has 2 rings (SSSR count). The molecule has 1 aromatic rings. The number of amides is 1. The number of hydrogen-bond donors (Lipinski definition) is 2. The summed E-state index contributed by atoms with van der Waals surface area (Å²) < 4.78 is 0. The van der Waals surface area contributed by atoms with Gasteiger partial charge in [-0.05, 0) is 38.2 Å². The van der Waals surface area contributed by atoms with Gasteiger partial charge in [-0.1, -0.05) is 23.7 Å². The van der Waals surface area contributed by atoms with Crippen LogP contribution in [0.3, 0.4) is 0 Å². The van der Waals surface area contributed by atoms with Crippen LogP contribution in [0, 0.1) is 0 Å². The molecule has 1 amide bonds. The second-order valence-electron chi connectivity index (χ2n) is 5.90. The van der Waals surface area contributed by atoms with Crippen LogP contribution in [0.15, 0.2) is 24.3 Å². The van der Waals surface area contributed by atoms with Gasteiger partial charge in [0.25, 0.3) is 0 Å². The van der Waals surface area contributed by atoms with Gasteiger partial charge in [0.05, 0.1) is 17.3 Å². The fourth-order valence-corrected chi connectivity index (χ4v) is 3.00. The lowest BCUT2D eigenvalue weighted by atomic mass is 10.3. The molecule has 1 saturated heterocycles. The normalized spacial score (nSPS) is 15.6. The Morgan fingerprint density at radius 2 is 1.91 bits per heavy atom. The number of piperazine rings is 1. The van der Waals surface area contributed by atoms with Crippen molar-refractivity contribution in [2.45, 2.75) is 19.9 Å². The van der Waals surface area contributed by atoms with Crippen molar-refractivity contribution < 1.29 is 4.79 Å². The van der Waals surface area contributed by atoms with Crippen molar-refractivity contribution in [3.05, 3.63) is 29.3 Å². The van der Waals surface area contributed by atoms with Crippen LogP contribution in [0.25, 0.3) is 0 Å². The number of carbonyl (C=O) groups excluding carboxylic acids is 1. The highest BCUT2D eigenvalue weighted by Crippen LogP contribution is 2.20. The van der Waals surface area contributed by atoms with Gasteiger partial charge in [-0.25, -0.2) is 0 Å². The zero-order valence-corrected chi connectivity index (χ0v) is 15.1. The Hall–Kier alpha value is -1.37. The third-order valence-corrected chi connectivity index (χ3v) is 4.29. The van der Waals surface area contributed by atoms with Crippen LogP contribution in [-0.2, 0) is 4.79 Å². The summed E-state index contributed by atoms with van der Waals surface area (Å²) >= 11 is 11.4. The molecular weight excluding hydrogens is 332 g/mol. The number of rotatable bonds is 4. The van der Waals surface area contributed by atoms with Gasteiger partial charge in [0.1, 0.15) is 0 Å². The van der Waals surface area contributed by atoms with Gasteiger partial charge < -0.3 is 15.5 Å². The van der Waals surface area contributed by atoms with Crippen LogP contribution >= 0.6 is 23.8 Å². The summed E-state index contributed by atoms with van der Waals surface area (Å²) in [6.45, 7) is 7.80. The molecule has 1 aliphatic heterocycles. The quantitative estimate of drug-likeness (QED) is 0.812. The van der Waals surface area contributed by atoms with Crippen molar-refractivity contribution in [1.29, 1.82) is 0 Å². The summed E-state index contributed by atoms with van der Waals surface area (Å²) in [5, 5.41) is 7.45. The molecule has 1 fully saturated rings. The molecule has 23 heavy (non-hydrogen) atoms. The summed E-state index contributed by atoms with van der Waals surface area (Å²) in [5.41, 5.74) is 0.653. The highest BCUT2D eigenvalue weighted by Gasteiger charge is 2.21. The van der Waals surface area contributed by atoms with Crippen molar-refractivity contribution in [3.8, 4) is 0 Å². The number of thiocarbonyl (C=S) groups is 1. The van der Waals surface area contributed by atoms with Crippen LogP contribution in [-0.4, -0.2) is 59.6 Å². The van der Waals surface area contributed by atoms with E-state index in [2.05, 4.69) is 34.3 Å². The molecule has 5 nitrogen and oxygen atoms in total. The molecule has 1 aliphatic rings. The maximum Gasteiger partial charge on any atom is 0.238 e. The molecule has 0 bridgehead atoms. The van der Waals surface area contributed by atoms with Gasteiger partial charge in [0.2, 0.25) is 5.91 Å². The van der Waals surface area contributed by atoms with Crippen molar-refractivity contribution in [2.75, 3.05) is 38.0 Å². The van der Waals surface area contributed by atoms with Crippen LogP contribution in [0.1, 0.15) is 13.8 Å². The highest BCUT2D eigenvalue weighted by atomic mass is 35.5. The van der Waals surface area contributed by atoms with Crippen LogP contribution in [0.2, 0.25) is 5.02 Å². The first-order chi connectivity index (χ1) is 11.0. The molecule has 0 saturated carbocycles. The Labute approximate surface area is 148 Å². The predicted molar refractivity (Wildman–Crippen MR) is 99.0 cm³/mol. The number of para-hydroxylation sites is 1. The van der Waals surface area contributed by atoms with E-state index in [4.69, 9.17) is 23.8 Å². The maximum atomic E-state index is 12.1. The average molecular weight is 355 g/mol. The molecular formula is C16H23ClN4OS. The minimum atomic E-state index is -0.0468. The maximum absolute atomic E-state index is 12.1. The van der Waals surface area contributed by atoms with E-state index >= 15 is 0 Å². The number of anilines is 1. The van der Waals surface area contributed by atoms with Gasteiger partial charge in [0.15, 0.2) is 5.11 Å². The number of halogens is 1. The van der Waals surface area contributed by atoms with Gasteiger partial charge in [-0.3, -0.25) is 9.69 Å². The van der Waals surface area contributed by atoms with E-state index in [9.17, 15) is 4.79 Å². The first kappa shape index (κ1) is 18.0. The van der Waals surface area contributed by atoms with Crippen LogP contribution in [0.5, 0.6) is 0 Å². The van der Waals surface area contributed by atoms with Crippen molar-refractivity contribution in [1.82, 2.24) is 15.1 Å². The molecule has 0 radical (unpaired) electrons. The lowest BCUT2D eigenvalue weighted by Gasteiger charge is -2.36. The minimum Gasteiger partial charge on any atom is -0.360 e. The summed E-state index contributed by atoms with van der Waals surface area (Å²) in [6, 6.07) is 7.59. The molecule has 7 heteroatoms. The van der Waals surface area contributed by atoms with E-state index in [-0.39, 0.29) is 5.91 Å². The Bertz CT molecular complexity index is 559. The molecule has 0 spiro atoms.